The van der Waals surface area contributed by atoms with Gasteiger partial charge < -0.3 is 10.1 Å². The second-order valence-corrected chi connectivity index (χ2v) is 7.05. The van der Waals surface area contributed by atoms with Gasteiger partial charge in [0.05, 0.1) is 17.1 Å². The largest absolute Gasteiger partial charge is 0.475 e. The number of aromatic nitrogens is 4. The molecule has 0 atom stereocenters. The number of hydrogen-bond acceptors (Lipinski definition) is 5. The SMILES string of the molecule is O=C(NCCOc1ccc2nnc(-c3cccc(F)c3)n2n1)c1cc(Cl)ccc1Cl. The van der Waals surface area contributed by atoms with Gasteiger partial charge >= 0.3 is 0 Å². The minimum Gasteiger partial charge on any atom is -0.475 e. The Hall–Kier alpha value is -3.23. The number of ether oxygens (including phenoxy) is 1. The molecule has 0 fully saturated rings. The second-order valence-electron chi connectivity index (χ2n) is 6.20. The third-order valence-electron chi connectivity index (χ3n) is 4.13. The zero-order chi connectivity index (χ0) is 21.1. The van der Waals surface area contributed by atoms with E-state index in [1.807, 2.05) is 0 Å². The van der Waals surface area contributed by atoms with Crippen LogP contribution in [0.25, 0.3) is 17.0 Å². The Labute approximate surface area is 180 Å². The van der Waals surface area contributed by atoms with Crippen LogP contribution < -0.4 is 10.1 Å². The molecule has 0 aliphatic carbocycles. The van der Waals surface area contributed by atoms with Crippen LogP contribution >= 0.6 is 23.2 Å². The first kappa shape index (κ1) is 20.1. The second kappa shape index (κ2) is 8.64. The van der Waals surface area contributed by atoms with E-state index in [-0.39, 0.29) is 30.4 Å². The van der Waals surface area contributed by atoms with E-state index >= 15 is 0 Å². The standard InChI is InChI=1S/C20H14Cl2FN5O2/c21-13-4-5-16(22)15(11-13)20(29)24-8-9-30-18-7-6-17-25-26-19(28(17)27-18)12-2-1-3-14(23)10-12/h1-7,10-11H,8-9H2,(H,24,29). The Kier molecular flexibility index (Phi) is 5.78. The number of nitrogens with zero attached hydrogens (tertiary/aromatic N) is 4. The van der Waals surface area contributed by atoms with Crippen LogP contribution in [0.4, 0.5) is 4.39 Å². The summed E-state index contributed by atoms with van der Waals surface area (Å²) < 4.78 is 20.6. The van der Waals surface area contributed by atoms with Crippen molar-refractivity contribution < 1.29 is 13.9 Å². The maximum absolute atomic E-state index is 13.5. The summed E-state index contributed by atoms with van der Waals surface area (Å²) in [6, 6.07) is 14.0. The first-order valence-corrected chi connectivity index (χ1v) is 9.61. The number of benzene rings is 2. The molecule has 10 heteroatoms. The highest BCUT2D eigenvalue weighted by molar-refractivity contribution is 6.35. The van der Waals surface area contributed by atoms with Crippen molar-refractivity contribution in [1.82, 2.24) is 25.1 Å². The molecular formula is C20H14Cl2FN5O2. The predicted octanol–water partition coefficient (Wildman–Crippen LogP) is 4.05. The van der Waals surface area contributed by atoms with Crippen LogP contribution in [0.1, 0.15) is 10.4 Å². The van der Waals surface area contributed by atoms with E-state index in [2.05, 4.69) is 20.6 Å². The third kappa shape index (κ3) is 4.34. The number of carbonyl (C=O) groups is 1. The zero-order valence-electron chi connectivity index (χ0n) is 15.3. The number of carbonyl (C=O) groups excluding carboxylic acids is 1. The van der Waals surface area contributed by atoms with E-state index in [9.17, 15) is 9.18 Å². The number of hydrogen-bond donors (Lipinski definition) is 1. The summed E-state index contributed by atoms with van der Waals surface area (Å²) >= 11 is 11.9. The van der Waals surface area contributed by atoms with Crippen molar-refractivity contribution in [3.05, 3.63) is 76.0 Å². The number of amides is 1. The summed E-state index contributed by atoms with van der Waals surface area (Å²) in [5, 5.41) is 15.9. The summed E-state index contributed by atoms with van der Waals surface area (Å²) in [4.78, 5) is 12.2. The van der Waals surface area contributed by atoms with Crippen LogP contribution in [-0.2, 0) is 0 Å². The molecule has 0 spiro atoms. The normalized spacial score (nSPS) is 10.9. The lowest BCUT2D eigenvalue weighted by atomic mass is 10.2. The minimum atomic E-state index is -0.382. The first-order valence-electron chi connectivity index (χ1n) is 8.86. The van der Waals surface area contributed by atoms with Gasteiger partial charge in [-0.3, -0.25) is 4.79 Å². The van der Waals surface area contributed by atoms with Crippen molar-refractivity contribution in [2.24, 2.45) is 0 Å². The maximum Gasteiger partial charge on any atom is 0.252 e. The third-order valence-corrected chi connectivity index (χ3v) is 4.70. The molecule has 152 valence electrons. The van der Waals surface area contributed by atoms with Crippen molar-refractivity contribution >= 4 is 34.8 Å². The smallest absolute Gasteiger partial charge is 0.252 e. The lowest BCUT2D eigenvalue weighted by Gasteiger charge is -2.09. The van der Waals surface area contributed by atoms with Crippen LogP contribution in [-0.4, -0.2) is 38.9 Å². The molecule has 2 heterocycles. The molecule has 7 nitrogen and oxygen atoms in total. The van der Waals surface area contributed by atoms with Gasteiger partial charge in [-0.1, -0.05) is 35.3 Å². The Morgan fingerprint density at radius 1 is 1.10 bits per heavy atom. The molecule has 0 unspecified atom stereocenters. The van der Waals surface area contributed by atoms with Gasteiger partial charge in [-0.2, -0.15) is 4.52 Å². The van der Waals surface area contributed by atoms with Crippen molar-refractivity contribution in [1.29, 1.82) is 0 Å². The molecule has 0 radical (unpaired) electrons. The van der Waals surface area contributed by atoms with Gasteiger partial charge in [0.2, 0.25) is 5.88 Å². The Morgan fingerprint density at radius 2 is 1.97 bits per heavy atom. The predicted molar refractivity (Wildman–Crippen MR) is 110 cm³/mol. The van der Waals surface area contributed by atoms with E-state index in [4.69, 9.17) is 27.9 Å². The fraction of sp³-hybridized carbons (Fsp3) is 0.100. The number of halogens is 3. The van der Waals surface area contributed by atoms with E-state index in [0.29, 0.717) is 33.0 Å². The number of rotatable bonds is 6. The highest BCUT2D eigenvalue weighted by Crippen LogP contribution is 2.21. The van der Waals surface area contributed by atoms with E-state index in [0.717, 1.165) is 0 Å². The monoisotopic (exact) mass is 445 g/mol. The molecular weight excluding hydrogens is 432 g/mol. The molecule has 30 heavy (non-hydrogen) atoms. The lowest BCUT2D eigenvalue weighted by molar-refractivity contribution is 0.0946. The lowest BCUT2D eigenvalue weighted by Crippen LogP contribution is -2.28. The Morgan fingerprint density at radius 3 is 2.80 bits per heavy atom. The van der Waals surface area contributed by atoms with Crippen molar-refractivity contribution in [2.75, 3.05) is 13.2 Å². The highest BCUT2D eigenvalue weighted by Gasteiger charge is 2.12. The molecule has 0 aliphatic heterocycles. The molecule has 2 aromatic heterocycles. The molecule has 4 rings (SSSR count). The van der Waals surface area contributed by atoms with Crippen LogP contribution in [0.2, 0.25) is 10.0 Å². The quantitative estimate of drug-likeness (QED) is 0.452. The molecule has 1 amide bonds. The number of fused-ring (bicyclic) bond motifs is 1. The molecule has 0 saturated carbocycles. The van der Waals surface area contributed by atoms with Crippen molar-refractivity contribution in [3.63, 3.8) is 0 Å². The first-order chi connectivity index (χ1) is 14.5. The zero-order valence-corrected chi connectivity index (χ0v) is 16.9. The van der Waals surface area contributed by atoms with Crippen LogP contribution in [0.15, 0.2) is 54.6 Å². The van der Waals surface area contributed by atoms with Gasteiger partial charge in [0.25, 0.3) is 5.91 Å². The summed E-state index contributed by atoms with van der Waals surface area (Å²) in [5.74, 6) is -0.0530. The Balaban J connectivity index is 1.41. The van der Waals surface area contributed by atoms with Gasteiger partial charge in [0.15, 0.2) is 11.5 Å². The van der Waals surface area contributed by atoms with Crippen molar-refractivity contribution in [3.8, 4) is 17.3 Å². The average Bonchev–Trinajstić information content (AvgIpc) is 3.16. The van der Waals surface area contributed by atoms with E-state index < -0.39 is 0 Å². The maximum atomic E-state index is 13.5. The summed E-state index contributed by atoms with van der Waals surface area (Å²) in [6.07, 6.45) is 0. The molecule has 1 N–H and O–H groups in total. The van der Waals surface area contributed by atoms with Gasteiger partial charge in [-0.05, 0) is 36.4 Å². The summed E-state index contributed by atoms with van der Waals surface area (Å²) in [7, 11) is 0. The van der Waals surface area contributed by atoms with E-state index in [1.165, 1.54) is 22.7 Å². The number of nitrogens with one attached hydrogen (secondary N) is 1. The minimum absolute atomic E-state index is 0.167. The molecule has 0 bridgehead atoms. The molecule has 2 aromatic carbocycles. The fourth-order valence-electron chi connectivity index (χ4n) is 2.74. The highest BCUT2D eigenvalue weighted by atomic mass is 35.5. The van der Waals surface area contributed by atoms with E-state index in [1.54, 1.807) is 36.4 Å². The summed E-state index contributed by atoms with van der Waals surface area (Å²) in [5.41, 5.74) is 1.32. The van der Waals surface area contributed by atoms with Crippen LogP contribution in [0.5, 0.6) is 5.88 Å². The molecule has 0 saturated heterocycles. The van der Waals surface area contributed by atoms with Crippen molar-refractivity contribution in [2.45, 2.75) is 0 Å². The fourth-order valence-corrected chi connectivity index (χ4v) is 3.12. The molecule has 0 aliphatic rings. The Bertz CT molecular complexity index is 1230. The summed E-state index contributed by atoms with van der Waals surface area (Å²) in [6.45, 7) is 0.389. The van der Waals surface area contributed by atoms with Gasteiger partial charge in [0, 0.05) is 16.7 Å². The van der Waals surface area contributed by atoms with Gasteiger partial charge in [-0.15, -0.1) is 15.3 Å². The van der Waals surface area contributed by atoms with Gasteiger partial charge in [0.1, 0.15) is 12.4 Å². The molecule has 4 aromatic rings. The topological polar surface area (TPSA) is 81.4 Å². The van der Waals surface area contributed by atoms with Crippen LogP contribution in [0.3, 0.4) is 0 Å². The van der Waals surface area contributed by atoms with Crippen LogP contribution in [0, 0.1) is 5.82 Å². The van der Waals surface area contributed by atoms with Gasteiger partial charge in [-0.25, -0.2) is 4.39 Å². The average molecular weight is 446 g/mol.